The zero-order valence-corrected chi connectivity index (χ0v) is 11.2. The van der Waals surface area contributed by atoms with Crippen molar-refractivity contribution in [1.82, 2.24) is 0 Å². The largest absolute Gasteiger partial charge is 0.497 e. The monoisotopic (exact) mass is 253 g/mol. The number of methoxy groups -OCH3 is 1. The first-order chi connectivity index (χ1) is 9.29. The van der Waals surface area contributed by atoms with Gasteiger partial charge in [-0.1, -0.05) is 36.4 Å². The topological polar surface area (TPSA) is 35.2 Å². The summed E-state index contributed by atoms with van der Waals surface area (Å²) in [6, 6.07) is 17.1. The molecule has 0 bridgehead atoms. The predicted octanol–water partition coefficient (Wildman–Crippen LogP) is 3.62. The van der Waals surface area contributed by atoms with Crippen LogP contribution in [0.4, 0.5) is 0 Å². The molecule has 0 fully saturated rings. The van der Waals surface area contributed by atoms with Crippen molar-refractivity contribution in [3.63, 3.8) is 0 Å². The molecule has 2 unspecified atom stereocenters. The molecule has 0 saturated heterocycles. The Morgan fingerprint density at radius 1 is 1.00 bits per heavy atom. The lowest BCUT2D eigenvalue weighted by molar-refractivity contribution is 0.412. The summed E-state index contributed by atoms with van der Waals surface area (Å²) in [5, 5.41) is 0. The lowest BCUT2D eigenvalue weighted by atomic mass is 9.77. The Hall–Kier alpha value is -1.80. The van der Waals surface area contributed by atoms with Crippen LogP contribution in [0.3, 0.4) is 0 Å². The number of hydrogen-bond acceptors (Lipinski definition) is 2. The lowest BCUT2D eigenvalue weighted by Crippen LogP contribution is -2.21. The van der Waals surface area contributed by atoms with Gasteiger partial charge in [-0.05, 0) is 41.7 Å². The molecular weight excluding hydrogens is 234 g/mol. The zero-order chi connectivity index (χ0) is 13.2. The Kier molecular flexibility index (Phi) is 3.26. The van der Waals surface area contributed by atoms with E-state index < -0.39 is 0 Å². The number of benzene rings is 2. The summed E-state index contributed by atoms with van der Waals surface area (Å²) in [4.78, 5) is 0. The summed E-state index contributed by atoms with van der Waals surface area (Å²) in [5.41, 5.74) is 10.2. The average molecular weight is 253 g/mol. The third-order valence-corrected chi connectivity index (χ3v) is 4.04. The number of ether oxygens (including phenoxy) is 1. The van der Waals surface area contributed by atoms with E-state index in [-0.39, 0.29) is 6.04 Å². The van der Waals surface area contributed by atoms with Crippen LogP contribution in [-0.2, 0) is 0 Å². The minimum atomic E-state index is 0.154. The molecular formula is C17H19NO. The highest BCUT2D eigenvalue weighted by molar-refractivity contribution is 5.45. The van der Waals surface area contributed by atoms with E-state index >= 15 is 0 Å². The lowest BCUT2D eigenvalue weighted by Gasteiger charge is -2.30. The summed E-state index contributed by atoms with van der Waals surface area (Å²) < 4.78 is 5.36. The van der Waals surface area contributed by atoms with E-state index in [0.717, 1.165) is 18.6 Å². The van der Waals surface area contributed by atoms with E-state index in [9.17, 15) is 0 Å². The van der Waals surface area contributed by atoms with Crippen molar-refractivity contribution < 1.29 is 4.74 Å². The van der Waals surface area contributed by atoms with Gasteiger partial charge in [-0.25, -0.2) is 0 Å². The number of rotatable bonds is 2. The maximum atomic E-state index is 6.24. The Morgan fingerprint density at radius 2 is 1.79 bits per heavy atom. The Balaban J connectivity index is 2.08. The molecule has 0 spiro atoms. The fourth-order valence-corrected chi connectivity index (χ4v) is 3.01. The van der Waals surface area contributed by atoms with Gasteiger partial charge in [0.15, 0.2) is 0 Å². The van der Waals surface area contributed by atoms with Crippen molar-refractivity contribution in [2.45, 2.75) is 24.8 Å². The summed E-state index contributed by atoms with van der Waals surface area (Å²) in [6.07, 6.45) is 2.14. The van der Waals surface area contributed by atoms with Gasteiger partial charge in [0, 0.05) is 12.0 Å². The molecule has 2 heteroatoms. The molecule has 0 aromatic heterocycles. The number of nitrogens with two attached hydrogens (primary N) is 1. The highest BCUT2D eigenvalue weighted by Crippen LogP contribution is 2.41. The van der Waals surface area contributed by atoms with Crippen molar-refractivity contribution in [3.8, 4) is 5.75 Å². The van der Waals surface area contributed by atoms with Gasteiger partial charge in [0.2, 0.25) is 0 Å². The molecule has 0 saturated carbocycles. The van der Waals surface area contributed by atoms with Gasteiger partial charge < -0.3 is 10.5 Å². The fourth-order valence-electron chi connectivity index (χ4n) is 3.01. The van der Waals surface area contributed by atoms with Crippen LogP contribution in [-0.4, -0.2) is 7.11 Å². The highest BCUT2D eigenvalue weighted by Gasteiger charge is 2.26. The van der Waals surface area contributed by atoms with Crippen LogP contribution in [0.25, 0.3) is 0 Å². The fraction of sp³-hybridized carbons (Fsp3) is 0.294. The van der Waals surface area contributed by atoms with Crippen LogP contribution >= 0.6 is 0 Å². The summed E-state index contributed by atoms with van der Waals surface area (Å²) >= 11 is 0. The predicted molar refractivity (Wildman–Crippen MR) is 77.4 cm³/mol. The highest BCUT2D eigenvalue weighted by atomic mass is 16.5. The van der Waals surface area contributed by atoms with Gasteiger partial charge in [-0.2, -0.15) is 0 Å². The normalized spacial score (nSPS) is 21.8. The second-order valence-electron chi connectivity index (χ2n) is 5.14. The molecule has 1 aliphatic rings. The first-order valence-corrected chi connectivity index (χ1v) is 6.78. The minimum Gasteiger partial charge on any atom is -0.497 e. The quantitative estimate of drug-likeness (QED) is 0.887. The van der Waals surface area contributed by atoms with E-state index in [1.54, 1.807) is 7.11 Å². The summed E-state index contributed by atoms with van der Waals surface area (Å²) in [7, 11) is 1.71. The average Bonchev–Trinajstić information content (AvgIpc) is 2.48. The second kappa shape index (κ2) is 5.06. The molecule has 0 radical (unpaired) electrons. The number of hydrogen-bond donors (Lipinski definition) is 1. The molecule has 2 nitrogen and oxygen atoms in total. The molecule has 2 aromatic rings. The van der Waals surface area contributed by atoms with Crippen molar-refractivity contribution in [2.24, 2.45) is 5.73 Å². The number of fused-ring (bicyclic) bond motifs is 1. The summed E-state index contributed by atoms with van der Waals surface area (Å²) in [6.45, 7) is 0. The molecule has 2 aromatic carbocycles. The zero-order valence-electron chi connectivity index (χ0n) is 11.2. The van der Waals surface area contributed by atoms with Crippen molar-refractivity contribution >= 4 is 0 Å². The molecule has 1 aliphatic carbocycles. The van der Waals surface area contributed by atoms with E-state index in [1.807, 2.05) is 6.07 Å². The van der Waals surface area contributed by atoms with Crippen LogP contribution in [0.15, 0.2) is 48.5 Å². The van der Waals surface area contributed by atoms with Crippen molar-refractivity contribution in [3.05, 3.63) is 65.2 Å². The van der Waals surface area contributed by atoms with Crippen LogP contribution in [0.1, 0.15) is 41.5 Å². The Labute approximate surface area is 114 Å². The van der Waals surface area contributed by atoms with Gasteiger partial charge >= 0.3 is 0 Å². The molecule has 98 valence electrons. The molecule has 2 N–H and O–H groups in total. The summed E-state index contributed by atoms with van der Waals surface area (Å²) in [5.74, 6) is 1.35. The van der Waals surface area contributed by atoms with Crippen LogP contribution in [0.2, 0.25) is 0 Å². The maximum absolute atomic E-state index is 6.24. The standard InChI is InChI=1S/C17H19NO/c1-19-13-7-8-15-16(11-13)14(9-10-17(15)18)12-5-3-2-4-6-12/h2-8,11,14,17H,9-10,18H2,1H3. The first kappa shape index (κ1) is 12.2. The van der Waals surface area contributed by atoms with Gasteiger partial charge in [-0.3, -0.25) is 0 Å². The van der Waals surface area contributed by atoms with Crippen LogP contribution in [0, 0.1) is 0 Å². The van der Waals surface area contributed by atoms with Crippen LogP contribution < -0.4 is 10.5 Å². The van der Waals surface area contributed by atoms with Gasteiger partial charge in [0.05, 0.1) is 7.11 Å². The minimum absolute atomic E-state index is 0.154. The van der Waals surface area contributed by atoms with Crippen molar-refractivity contribution in [1.29, 1.82) is 0 Å². The smallest absolute Gasteiger partial charge is 0.119 e. The maximum Gasteiger partial charge on any atom is 0.119 e. The van der Waals surface area contributed by atoms with Crippen LogP contribution in [0.5, 0.6) is 5.75 Å². The SMILES string of the molecule is COc1ccc2c(c1)C(c1ccccc1)CCC2N. The molecule has 3 rings (SSSR count). The van der Waals surface area contributed by atoms with Gasteiger partial charge in [0.1, 0.15) is 5.75 Å². The third-order valence-electron chi connectivity index (χ3n) is 4.04. The van der Waals surface area contributed by atoms with Gasteiger partial charge in [0.25, 0.3) is 0 Å². The molecule has 0 heterocycles. The molecule has 2 atom stereocenters. The van der Waals surface area contributed by atoms with E-state index in [0.29, 0.717) is 5.92 Å². The second-order valence-corrected chi connectivity index (χ2v) is 5.14. The molecule has 19 heavy (non-hydrogen) atoms. The first-order valence-electron chi connectivity index (χ1n) is 6.78. The van der Waals surface area contributed by atoms with Crippen molar-refractivity contribution in [2.75, 3.05) is 7.11 Å². The Morgan fingerprint density at radius 3 is 2.53 bits per heavy atom. The Bertz CT molecular complexity index is 565. The molecule has 0 amide bonds. The van der Waals surface area contributed by atoms with E-state index in [4.69, 9.17) is 10.5 Å². The van der Waals surface area contributed by atoms with Gasteiger partial charge in [-0.15, -0.1) is 0 Å². The van der Waals surface area contributed by atoms with E-state index in [1.165, 1.54) is 16.7 Å². The van der Waals surface area contributed by atoms with E-state index in [2.05, 4.69) is 42.5 Å². The third kappa shape index (κ3) is 2.24. The molecule has 0 aliphatic heterocycles.